The van der Waals surface area contributed by atoms with Gasteiger partial charge >= 0.3 is 6.18 Å². The average Bonchev–Trinajstić information content (AvgIpc) is 2.27. The summed E-state index contributed by atoms with van der Waals surface area (Å²) in [7, 11) is 0. The van der Waals surface area contributed by atoms with Crippen LogP contribution >= 0.6 is 11.6 Å². The standard InChI is InChI=1S/C13H15ClF3NO/c1-8(18-7-9(2)19)5-10-3-4-12(14)11(6-10)13(15,16)17/h3-4,6,8,18H,5,7H2,1-2H3. The Morgan fingerprint density at radius 1 is 1.42 bits per heavy atom. The number of Topliss-reactive ketones (excluding diaryl/α,β-unsaturated/α-hetero) is 1. The first-order chi connectivity index (χ1) is 8.70. The molecule has 1 rings (SSSR count). The molecule has 1 unspecified atom stereocenters. The monoisotopic (exact) mass is 293 g/mol. The van der Waals surface area contributed by atoms with Gasteiger partial charge in [-0.2, -0.15) is 13.2 Å². The van der Waals surface area contributed by atoms with Crippen molar-refractivity contribution in [2.45, 2.75) is 32.5 Å². The van der Waals surface area contributed by atoms with Crippen molar-refractivity contribution >= 4 is 17.4 Å². The summed E-state index contributed by atoms with van der Waals surface area (Å²) in [5.41, 5.74) is -0.300. The van der Waals surface area contributed by atoms with E-state index < -0.39 is 11.7 Å². The van der Waals surface area contributed by atoms with Gasteiger partial charge in [0.05, 0.1) is 17.1 Å². The van der Waals surface area contributed by atoms with Gasteiger partial charge in [0.15, 0.2) is 0 Å². The summed E-state index contributed by atoms with van der Waals surface area (Å²) in [6, 6.07) is 3.76. The minimum atomic E-state index is -4.46. The molecule has 0 spiro atoms. The topological polar surface area (TPSA) is 29.1 Å². The molecular formula is C13H15ClF3NO. The van der Waals surface area contributed by atoms with Gasteiger partial charge < -0.3 is 5.32 Å². The first kappa shape index (κ1) is 16.0. The van der Waals surface area contributed by atoms with E-state index in [1.54, 1.807) is 6.07 Å². The van der Waals surface area contributed by atoms with Crippen LogP contribution in [0.1, 0.15) is 25.0 Å². The lowest BCUT2D eigenvalue weighted by Crippen LogP contribution is -2.32. The van der Waals surface area contributed by atoms with Gasteiger partial charge in [0, 0.05) is 6.04 Å². The van der Waals surface area contributed by atoms with Gasteiger partial charge in [-0.25, -0.2) is 0 Å². The van der Waals surface area contributed by atoms with Crippen molar-refractivity contribution in [2.75, 3.05) is 6.54 Å². The minimum Gasteiger partial charge on any atom is -0.307 e. The molecular weight excluding hydrogens is 279 g/mol. The zero-order valence-corrected chi connectivity index (χ0v) is 11.4. The number of rotatable bonds is 5. The van der Waals surface area contributed by atoms with Crippen LogP contribution in [0.2, 0.25) is 5.02 Å². The molecule has 0 saturated carbocycles. The molecule has 0 heterocycles. The van der Waals surface area contributed by atoms with Crippen LogP contribution in [0.3, 0.4) is 0 Å². The molecule has 1 aromatic rings. The van der Waals surface area contributed by atoms with E-state index in [1.807, 2.05) is 6.92 Å². The van der Waals surface area contributed by atoms with E-state index in [1.165, 1.54) is 13.0 Å². The molecule has 1 aromatic carbocycles. The maximum atomic E-state index is 12.7. The second-order valence-corrected chi connectivity index (χ2v) is 4.91. The van der Waals surface area contributed by atoms with E-state index in [0.29, 0.717) is 12.0 Å². The van der Waals surface area contributed by atoms with Crippen LogP contribution in [0.5, 0.6) is 0 Å². The fourth-order valence-corrected chi connectivity index (χ4v) is 1.89. The molecule has 0 aliphatic carbocycles. The molecule has 6 heteroatoms. The predicted octanol–water partition coefficient (Wildman–Crippen LogP) is 3.47. The molecule has 0 aliphatic rings. The van der Waals surface area contributed by atoms with Crippen LogP contribution in [-0.2, 0) is 17.4 Å². The summed E-state index contributed by atoms with van der Waals surface area (Å²) in [5, 5.41) is 2.63. The van der Waals surface area contributed by atoms with E-state index in [2.05, 4.69) is 5.32 Å². The van der Waals surface area contributed by atoms with Gasteiger partial charge in [-0.15, -0.1) is 0 Å². The van der Waals surface area contributed by atoms with Crippen molar-refractivity contribution in [1.29, 1.82) is 0 Å². The quantitative estimate of drug-likeness (QED) is 0.901. The van der Waals surface area contributed by atoms with Gasteiger partial charge in [0.2, 0.25) is 0 Å². The fourth-order valence-electron chi connectivity index (χ4n) is 1.66. The highest BCUT2D eigenvalue weighted by Gasteiger charge is 2.33. The van der Waals surface area contributed by atoms with E-state index in [9.17, 15) is 18.0 Å². The molecule has 2 nitrogen and oxygen atoms in total. The molecule has 0 saturated heterocycles. The number of halogens is 4. The zero-order chi connectivity index (χ0) is 14.6. The summed E-state index contributed by atoms with van der Waals surface area (Å²) >= 11 is 5.54. The highest BCUT2D eigenvalue weighted by molar-refractivity contribution is 6.31. The van der Waals surface area contributed by atoms with Gasteiger partial charge in [-0.1, -0.05) is 17.7 Å². The summed E-state index contributed by atoms with van der Waals surface area (Å²) in [4.78, 5) is 10.8. The number of benzene rings is 1. The lowest BCUT2D eigenvalue weighted by molar-refractivity contribution is -0.137. The Balaban J connectivity index is 2.77. The molecule has 0 radical (unpaired) electrons. The van der Waals surface area contributed by atoms with Gasteiger partial charge in [0.25, 0.3) is 0 Å². The zero-order valence-electron chi connectivity index (χ0n) is 10.6. The molecule has 106 valence electrons. The number of carbonyl (C=O) groups excluding carboxylic acids is 1. The van der Waals surface area contributed by atoms with Crippen LogP contribution in [0.25, 0.3) is 0 Å². The predicted molar refractivity (Wildman–Crippen MR) is 68.3 cm³/mol. The molecule has 1 N–H and O–H groups in total. The molecule has 0 amide bonds. The molecule has 19 heavy (non-hydrogen) atoms. The number of alkyl halides is 3. The first-order valence-corrected chi connectivity index (χ1v) is 6.16. The normalized spacial score (nSPS) is 13.4. The number of carbonyl (C=O) groups is 1. The van der Waals surface area contributed by atoms with Crippen LogP contribution in [0.15, 0.2) is 18.2 Å². The highest BCUT2D eigenvalue weighted by Crippen LogP contribution is 2.35. The molecule has 0 bridgehead atoms. The van der Waals surface area contributed by atoms with Crippen molar-refractivity contribution in [1.82, 2.24) is 5.32 Å². The number of nitrogens with one attached hydrogen (secondary N) is 1. The SMILES string of the molecule is CC(=O)CNC(C)Cc1ccc(Cl)c(C(F)(F)F)c1. The lowest BCUT2D eigenvalue weighted by Gasteiger charge is -2.15. The molecule has 0 fully saturated rings. The smallest absolute Gasteiger partial charge is 0.307 e. The first-order valence-electron chi connectivity index (χ1n) is 5.78. The Morgan fingerprint density at radius 3 is 2.58 bits per heavy atom. The third-order valence-electron chi connectivity index (χ3n) is 2.58. The van der Waals surface area contributed by atoms with E-state index >= 15 is 0 Å². The Morgan fingerprint density at radius 2 is 2.05 bits per heavy atom. The average molecular weight is 294 g/mol. The van der Waals surface area contributed by atoms with Gasteiger partial charge in [-0.05, 0) is 38.0 Å². The summed E-state index contributed by atoms with van der Waals surface area (Å²) in [6.07, 6.45) is -4.06. The van der Waals surface area contributed by atoms with Gasteiger partial charge in [-0.3, -0.25) is 4.79 Å². The number of hydrogen-bond donors (Lipinski definition) is 1. The van der Waals surface area contributed by atoms with Crippen LogP contribution in [0, 0.1) is 0 Å². The highest BCUT2D eigenvalue weighted by atomic mass is 35.5. The maximum absolute atomic E-state index is 12.7. The minimum absolute atomic E-state index is 0.0149. The second-order valence-electron chi connectivity index (χ2n) is 4.50. The number of ketones is 1. The van der Waals surface area contributed by atoms with Crippen LogP contribution in [-0.4, -0.2) is 18.4 Å². The summed E-state index contributed by atoms with van der Waals surface area (Å²) in [6.45, 7) is 3.47. The van der Waals surface area contributed by atoms with Crippen molar-refractivity contribution in [2.24, 2.45) is 0 Å². The van der Waals surface area contributed by atoms with Crippen LogP contribution < -0.4 is 5.32 Å². The second kappa shape index (κ2) is 6.39. The third kappa shape index (κ3) is 5.20. The van der Waals surface area contributed by atoms with Crippen molar-refractivity contribution in [3.8, 4) is 0 Å². The van der Waals surface area contributed by atoms with Gasteiger partial charge in [0.1, 0.15) is 5.78 Å². The van der Waals surface area contributed by atoms with E-state index in [-0.39, 0.29) is 23.4 Å². The fraction of sp³-hybridized carbons (Fsp3) is 0.462. The lowest BCUT2D eigenvalue weighted by atomic mass is 10.0. The van der Waals surface area contributed by atoms with Crippen molar-refractivity contribution < 1.29 is 18.0 Å². The third-order valence-corrected chi connectivity index (χ3v) is 2.91. The Hall–Kier alpha value is -1.07. The van der Waals surface area contributed by atoms with Crippen molar-refractivity contribution in [3.63, 3.8) is 0 Å². The Bertz CT molecular complexity index is 460. The molecule has 0 aliphatic heterocycles. The molecule has 0 aromatic heterocycles. The summed E-state index contributed by atoms with van der Waals surface area (Å²) in [5.74, 6) is -0.0149. The Kier molecular flexibility index (Phi) is 5.38. The maximum Gasteiger partial charge on any atom is 0.417 e. The van der Waals surface area contributed by atoms with E-state index in [0.717, 1.165) is 6.07 Å². The summed E-state index contributed by atoms with van der Waals surface area (Å²) < 4.78 is 38.0. The largest absolute Gasteiger partial charge is 0.417 e. The van der Waals surface area contributed by atoms with Crippen LogP contribution in [0.4, 0.5) is 13.2 Å². The Labute approximate surface area is 114 Å². The van der Waals surface area contributed by atoms with E-state index in [4.69, 9.17) is 11.6 Å². The number of hydrogen-bond acceptors (Lipinski definition) is 2. The van der Waals surface area contributed by atoms with Crippen molar-refractivity contribution in [3.05, 3.63) is 34.3 Å². The molecule has 1 atom stereocenters.